The SMILES string of the molecule is CCCCOCCCn1nnnc1-c1cc(N)ccc1Cl. The summed E-state index contributed by atoms with van der Waals surface area (Å²) in [6.07, 6.45) is 3.09. The first-order valence-corrected chi connectivity index (χ1v) is 7.49. The predicted octanol–water partition coefficient (Wildman–Crippen LogP) is 2.78. The maximum absolute atomic E-state index is 6.19. The number of halogens is 1. The van der Waals surface area contributed by atoms with E-state index in [9.17, 15) is 0 Å². The van der Waals surface area contributed by atoms with Gasteiger partial charge in [-0.2, -0.15) is 0 Å². The Bertz CT molecular complexity index is 572. The van der Waals surface area contributed by atoms with E-state index >= 15 is 0 Å². The van der Waals surface area contributed by atoms with Crippen molar-refractivity contribution in [3.63, 3.8) is 0 Å². The summed E-state index contributed by atoms with van der Waals surface area (Å²) >= 11 is 6.19. The molecule has 0 saturated carbocycles. The molecule has 0 aliphatic heterocycles. The molecule has 114 valence electrons. The van der Waals surface area contributed by atoms with Crippen molar-refractivity contribution in [3.05, 3.63) is 23.2 Å². The van der Waals surface area contributed by atoms with E-state index in [1.807, 2.05) is 0 Å². The van der Waals surface area contributed by atoms with Crippen LogP contribution in [0.4, 0.5) is 5.69 Å². The van der Waals surface area contributed by atoms with Crippen molar-refractivity contribution in [2.45, 2.75) is 32.7 Å². The molecule has 0 atom stereocenters. The molecule has 0 aliphatic rings. The van der Waals surface area contributed by atoms with Crippen molar-refractivity contribution in [3.8, 4) is 11.4 Å². The van der Waals surface area contributed by atoms with Crippen LogP contribution < -0.4 is 5.73 Å². The number of nitrogens with zero attached hydrogens (tertiary/aromatic N) is 4. The minimum atomic E-state index is 0.583. The highest BCUT2D eigenvalue weighted by molar-refractivity contribution is 6.33. The fourth-order valence-corrected chi connectivity index (χ4v) is 2.13. The fraction of sp³-hybridized carbons (Fsp3) is 0.500. The van der Waals surface area contributed by atoms with Gasteiger partial charge in [0.1, 0.15) is 0 Å². The summed E-state index contributed by atoms with van der Waals surface area (Å²) in [6.45, 7) is 4.33. The molecule has 0 saturated heterocycles. The molecule has 1 heterocycles. The number of nitrogens with two attached hydrogens (primary N) is 1. The Morgan fingerprint density at radius 2 is 2.10 bits per heavy atom. The Hall–Kier alpha value is -1.66. The van der Waals surface area contributed by atoms with Gasteiger partial charge in [0.2, 0.25) is 0 Å². The molecule has 1 aromatic heterocycles. The van der Waals surface area contributed by atoms with Crippen LogP contribution in [0.2, 0.25) is 5.02 Å². The molecule has 0 unspecified atom stereocenters. The zero-order valence-corrected chi connectivity index (χ0v) is 12.9. The lowest BCUT2D eigenvalue weighted by atomic mass is 10.2. The smallest absolute Gasteiger partial charge is 0.183 e. The van der Waals surface area contributed by atoms with Gasteiger partial charge in [0.15, 0.2) is 5.82 Å². The third kappa shape index (κ3) is 4.41. The summed E-state index contributed by atoms with van der Waals surface area (Å²) in [5, 5.41) is 12.3. The van der Waals surface area contributed by atoms with Crippen molar-refractivity contribution in [1.82, 2.24) is 20.2 Å². The van der Waals surface area contributed by atoms with E-state index in [-0.39, 0.29) is 0 Å². The molecule has 0 bridgehead atoms. The zero-order chi connectivity index (χ0) is 15.1. The van der Waals surface area contributed by atoms with Gasteiger partial charge in [-0.25, -0.2) is 4.68 Å². The second kappa shape index (κ2) is 7.95. The van der Waals surface area contributed by atoms with Crippen molar-refractivity contribution < 1.29 is 4.74 Å². The number of unbranched alkanes of at least 4 members (excludes halogenated alkanes) is 1. The number of hydrogen-bond donors (Lipinski definition) is 1. The van der Waals surface area contributed by atoms with Crippen molar-refractivity contribution in [2.24, 2.45) is 0 Å². The first-order chi connectivity index (χ1) is 10.2. The number of benzene rings is 1. The Labute approximate surface area is 129 Å². The van der Waals surface area contributed by atoms with Crippen LogP contribution in [0.15, 0.2) is 18.2 Å². The maximum Gasteiger partial charge on any atom is 0.183 e. The molecule has 2 rings (SSSR count). The summed E-state index contributed by atoms with van der Waals surface area (Å²) in [5.74, 6) is 0.626. The Morgan fingerprint density at radius 3 is 2.90 bits per heavy atom. The summed E-state index contributed by atoms with van der Waals surface area (Å²) < 4.78 is 7.26. The van der Waals surface area contributed by atoms with Gasteiger partial charge in [-0.3, -0.25) is 0 Å². The minimum absolute atomic E-state index is 0.583. The quantitative estimate of drug-likeness (QED) is 0.599. The lowest BCUT2D eigenvalue weighted by Gasteiger charge is -2.07. The summed E-state index contributed by atoms with van der Waals surface area (Å²) in [4.78, 5) is 0. The van der Waals surface area contributed by atoms with Gasteiger partial charge in [0.25, 0.3) is 0 Å². The fourth-order valence-electron chi connectivity index (χ4n) is 1.93. The van der Waals surface area contributed by atoms with E-state index in [1.54, 1.807) is 22.9 Å². The third-order valence-corrected chi connectivity index (χ3v) is 3.39. The topological polar surface area (TPSA) is 78.8 Å². The van der Waals surface area contributed by atoms with E-state index in [1.165, 1.54) is 0 Å². The Balaban J connectivity index is 1.97. The standard InChI is InChI=1S/C14H20ClN5O/c1-2-3-8-21-9-4-7-20-14(17-18-19-20)12-10-11(16)5-6-13(12)15/h5-6,10H,2-4,7-9,16H2,1H3. The second-order valence-electron chi connectivity index (χ2n) is 4.78. The van der Waals surface area contributed by atoms with Gasteiger partial charge >= 0.3 is 0 Å². The van der Waals surface area contributed by atoms with E-state index in [0.29, 0.717) is 29.7 Å². The highest BCUT2D eigenvalue weighted by Crippen LogP contribution is 2.27. The Morgan fingerprint density at radius 1 is 1.29 bits per heavy atom. The number of rotatable bonds is 8. The Kier molecular flexibility index (Phi) is 5.95. The van der Waals surface area contributed by atoms with Crippen LogP contribution in [-0.2, 0) is 11.3 Å². The van der Waals surface area contributed by atoms with E-state index < -0.39 is 0 Å². The van der Waals surface area contributed by atoms with Gasteiger partial charge in [-0.1, -0.05) is 24.9 Å². The molecule has 21 heavy (non-hydrogen) atoms. The molecule has 6 nitrogen and oxygen atoms in total. The van der Waals surface area contributed by atoms with Crippen LogP contribution in [0, 0.1) is 0 Å². The van der Waals surface area contributed by atoms with Crippen LogP contribution in [0.25, 0.3) is 11.4 Å². The molecular weight excluding hydrogens is 290 g/mol. The molecule has 2 aromatic rings. The second-order valence-corrected chi connectivity index (χ2v) is 5.19. The summed E-state index contributed by atoms with van der Waals surface area (Å²) in [7, 11) is 0. The lowest BCUT2D eigenvalue weighted by molar-refractivity contribution is 0.125. The normalized spacial score (nSPS) is 11.0. The average molecular weight is 310 g/mol. The third-order valence-electron chi connectivity index (χ3n) is 3.06. The van der Waals surface area contributed by atoms with Crippen molar-refractivity contribution in [2.75, 3.05) is 18.9 Å². The predicted molar refractivity (Wildman–Crippen MR) is 83.0 cm³/mol. The van der Waals surface area contributed by atoms with E-state index in [2.05, 4.69) is 22.4 Å². The van der Waals surface area contributed by atoms with Crippen LogP contribution in [0.5, 0.6) is 0 Å². The molecule has 0 spiro atoms. The minimum Gasteiger partial charge on any atom is -0.399 e. The number of hydrogen-bond acceptors (Lipinski definition) is 5. The molecular formula is C14H20ClN5O. The van der Waals surface area contributed by atoms with Crippen LogP contribution in [-0.4, -0.2) is 33.4 Å². The maximum atomic E-state index is 6.19. The van der Waals surface area contributed by atoms with Gasteiger partial charge in [-0.15, -0.1) is 5.10 Å². The molecule has 0 aliphatic carbocycles. The molecule has 0 radical (unpaired) electrons. The van der Waals surface area contributed by atoms with Gasteiger partial charge < -0.3 is 10.5 Å². The van der Waals surface area contributed by atoms with E-state index in [4.69, 9.17) is 22.1 Å². The largest absolute Gasteiger partial charge is 0.399 e. The molecule has 0 amide bonds. The van der Waals surface area contributed by atoms with Crippen molar-refractivity contribution in [1.29, 1.82) is 0 Å². The van der Waals surface area contributed by atoms with Gasteiger partial charge in [0, 0.05) is 31.0 Å². The van der Waals surface area contributed by atoms with Crippen LogP contribution in [0.1, 0.15) is 26.2 Å². The molecule has 1 aromatic carbocycles. The van der Waals surface area contributed by atoms with Crippen LogP contribution >= 0.6 is 11.6 Å². The van der Waals surface area contributed by atoms with Gasteiger partial charge in [-0.05, 0) is 41.5 Å². The first-order valence-electron chi connectivity index (χ1n) is 7.11. The number of nitrogen functional groups attached to an aromatic ring is 1. The summed E-state index contributed by atoms with van der Waals surface area (Å²) in [6, 6.07) is 5.28. The number of tetrazole rings is 1. The van der Waals surface area contributed by atoms with Crippen molar-refractivity contribution >= 4 is 17.3 Å². The highest BCUT2D eigenvalue weighted by Gasteiger charge is 2.12. The van der Waals surface area contributed by atoms with Gasteiger partial charge in [0.05, 0.1) is 5.02 Å². The highest BCUT2D eigenvalue weighted by atomic mass is 35.5. The number of aromatic nitrogens is 4. The monoisotopic (exact) mass is 309 g/mol. The molecule has 2 N–H and O–H groups in total. The lowest BCUT2D eigenvalue weighted by Crippen LogP contribution is -2.07. The van der Waals surface area contributed by atoms with E-state index in [0.717, 1.165) is 31.4 Å². The average Bonchev–Trinajstić information content (AvgIpc) is 2.93. The number of anilines is 1. The number of aryl methyl sites for hydroxylation is 1. The van der Waals surface area contributed by atoms with Crippen LogP contribution in [0.3, 0.4) is 0 Å². The summed E-state index contributed by atoms with van der Waals surface area (Å²) in [5.41, 5.74) is 7.17. The molecule has 7 heteroatoms. The molecule has 0 fully saturated rings. The number of ether oxygens (including phenoxy) is 1. The first kappa shape index (κ1) is 15.7. The zero-order valence-electron chi connectivity index (χ0n) is 12.1.